The van der Waals surface area contributed by atoms with E-state index in [9.17, 15) is 19.7 Å². The number of nitrogens with one attached hydrogen (secondary N) is 1. The maximum absolute atomic E-state index is 12.1. The first-order chi connectivity index (χ1) is 13.9. The van der Waals surface area contributed by atoms with Crippen LogP contribution in [0.4, 0.5) is 5.69 Å². The molecule has 0 aliphatic carbocycles. The van der Waals surface area contributed by atoms with Gasteiger partial charge in [-0.25, -0.2) is 4.79 Å². The van der Waals surface area contributed by atoms with Crippen molar-refractivity contribution >= 4 is 29.3 Å². The molecule has 0 bridgehead atoms. The van der Waals surface area contributed by atoms with Crippen LogP contribution in [-0.4, -0.2) is 42.3 Å². The number of ether oxygens (including phenoxy) is 2. The lowest BCUT2D eigenvalue weighted by atomic mass is 10.2. The Hall–Kier alpha value is -3.07. The molecule has 0 fully saturated rings. The summed E-state index contributed by atoms with van der Waals surface area (Å²) in [6.45, 7) is 3.93. The Morgan fingerprint density at radius 2 is 1.90 bits per heavy atom. The molecule has 9 heteroatoms. The van der Waals surface area contributed by atoms with E-state index in [1.165, 1.54) is 17.7 Å². The third kappa shape index (κ3) is 7.11. The van der Waals surface area contributed by atoms with E-state index in [0.29, 0.717) is 12.3 Å². The predicted molar refractivity (Wildman–Crippen MR) is 109 cm³/mol. The van der Waals surface area contributed by atoms with E-state index in [1.807, 2.05) is 31.2 Å². The smallest absolute Gasteiger partial charge is 0.338 e. The molecule has 0 aliphatic rings. The van der Waals surface area contributed by atoms with E-state index < -0.39 is 23.4 Å². The molecule has 0 radical (unpaired) electrons. The number of nitro benzene ring substituents is 1. The van der Waals surface area contributed by atoms with Crippen LogP contribution in [0.5, 0.6) is 5.75 Å². The topological polar surface area (TPSA) is 108 Å². The first kappa shape index (κ1) is 22.2. The molecular weight excluding hydrogens is 396 g/mol. The highest BCUT2D eigenvalue weighted by atomic mass is 32.2. The average Bonchev–Trinajstić information content (AvgIpc) is 2.71. The molecule has 0 spiro atoms. The summed E-state index contributed by atoms with van der Waals surface area (Å²) in [4.78, 5) is 35.5. The van der Waals surface area contributed by atoms with Crippen molar-refractivity contribution in [3.8, 4) is 5.75 Å². The molecular formula is C20H22N2O6S. The zero-order chi connectivity index (χ0) is 21.2. The molecule has 0 unspecified atom stereocenters. The number of nitro groups is 1. The summed E-state index contributed by atoms with van der Waals surface area (Å²) in [5.41, 5.74) is 0.823. The number of carbonyl (C=O) groups is 2. The van der Waals surface area contributed by atoms with E-state index in [1.54, 1.807) is 18.7 Å². The number of hydrogen-bond acceptors (Lipinski definition) is 7. The average molecular weight is 418 g/mol. The van der Waals surface area contributed by atoms with E-state index >= 15 is 0 Å². The number of rotatable bonds is 10. The van der Waals surface area contributed by atoms with Gasteiger partial charge in [0.05, 0.1) is 17.1 Å². The predicted octanol–water partition coefficient (Wildman–Crippen LogP) is 3.37. The van der Waals surface area contributed by atoms with Gasteiger partial charge in [0.15, 0.2) is 12.4 Å². The molecule has 29 heavy (non-hydrogen) atoms. The first-order valence-corrected chi connectivity index (χ1v) is 9.93. The molecule has 0 aliphatic heterocycles. The molecule has 2 rings (SSSR count). The highest BCUT2D eigenvalue weighted by molar-refractivity contribution is 7.99. The van der Waals surface area contributed by atoms with Crippen molar-refractivity contribution in [1.82, 2.24) is 5.32 Å². The number of amides is 1. The SMILES string of the molecule is CCOc1ccc(C(=O)OCC(=O)NCCSc2ccc(C)cc2)cc1[N+](=O)[O-]. The summed E-state index contributed by atoms with van der Waals surface area (Å²) in [5, 5.41) is 13.8. The quantitative estimate of drug-likeness (QED) is 0.207. The minimum Gasteiger partial charge on any atom is -0.487 e. The zero-order valence-electron chi connectivity index (χ0n) is 16.2. The van der Waals surface area contributed by atoms with Gasteiger partial charge >= 0.3 is 11.7 Å². The largest absolute Gasteiger partial charge is 0.487 e. The van der Waals surface area contributed by atoms with Crippen molar-refractivity contribution in [2.24, 2.45) is 0 Å². The van der Waals surface area contributed by atoms with Crippen LogP contribution < -0.4 is 10.1 Å². The maximum Gasteiger partial charge on any atom is 0.338 e. The van der Waals surface area contributed by atoms with Crippen molar-refractivity contribution in [3.63, 3.8) is 0 Å². The molecule has 0 heterocycles. The molecule has 154 valence electrons. The molecule has 0 atom stereocenters. The second-order valence-corrected chi connectivity index (χ2v) is 7.13. The van der Waals surface area contributed by atoms with Crippen molar-refractivity contribution < 1.29 is 24.0 Å². The van der Waals surface area contributed by atoms with Crippen molar-refractivity contribution in [3.05, 3.63) is 63.7 Å². The Bertz CT molecular complexity index is 870. The molecule has 8 nitrogen and oxygen atoms in total. The lowest BCUT2D eigenvalue weighted by Gasteiger charge is -2.08. The monoisotopic (exact) mass is 418 g/mol. The van der Waals surface area contributed by atoms with Gasteiger partial charge < -0.3 is 14.8 Å². The number of esters is 1. The van der Waals surface area contributed by atoms with Crippen LogP contribution in [0.15, 0.2) is 47.4 Å². The van der Waals surface area contributed by atoms with E-state index in [2.05, 4.69) is 5.32 Å². The Kier molecular flexibility index (Phi) is 8.47. The standard InChI is InChI=1S/C20H22N2O6S/c1-3-27-18-9-6-15(12-17(18)22(25)26)20(24)28-13-19(23)21-10-11-29-16-7-4-14(2)5-8-16/h4-9,12H,3,10-11,13H2,1-2H3,(H,21,23). The number of nitrogens with zero attached hydrogens (tertiary/aromatic N) is 1. The molecule has 0 aromatic heterocycles. The van der Waals surface area contributed by atoms with Crippen molar-refractivity contribution in [2.75, 3.05) is 25.5 Å². The number of carbonyl (C=O) groups excluding carboxylic acids is 2. The van der Waals surface area contributed by atoms with Crippen LogP contribution in [0.2, 0.25) is 0 Å². The lowest BCUT2D eigenvalue weighted by Crippen LogP contribution is -2.30. The van der Waals surface area contributed by atoms with Gasteiger partial charge in [0, 0.05) is 23.3 Å². The minimum absolute atomic E-state index is 0.0251. The summed E-state index contributed by atoms with van der Waals surface area (Å²) in [5.74, 6) is -0.519. The van der Waals surface area contributed by atoms with Gasteiger partial charge in [-0.05, 0) is 38.1 Å². The Morgan fingerprint density at radius 1 is 1.17 bits per heavy atom. The van der Waals surface area contributed by atoms with Gasteiger partial charge in [0.1, 0.15) is 0 Å². The van der Waals surface area contributed by atoms with Gasteiger partial charge in [0.25, 0.3) is 5.91 Å². The molecule has 2 aromatic rings. The van der Waals surface area contributed by atoms with Crippen LogP contribution in [0.25, 0.3) is 0 Å². The fraction of sp³-hybridized carbons (Fsp3) is 0.300. The Balaban J connectivity index is 1.77. The highest BCUT2D eigenvalue weighted by Crippen LogP contribution is 2.28. The summed E-state index contributed by atoms with van der Waals surface area (Å²) in [6, 6.07) is 11.8. The molecule has 1 N–H and O–H groups in total. The summed E-state index contributed by atoms with van der Waals surface area (Å²) >= 11 is 1.60. The van der Waals surface area contributed by atoms with Crippen LogP contribution in [0.1, 0.15) is 22.8 Å². The minimum atomic E-state index is -0.819. The van der Waals surface area contributed by atoms with E-state index in [-0.39, 0.29) is 23.6 Å². The summed E-state index contributed by atoms with van der Waals surface area (Å²) in [6.07, 6.45) is 0. The first-order valence-electron chi connectivity index (χ1n) is 8.95. The normalized spacial score (nSPS) is 10.3. The molecule has 1 amide bonds. The highest BCUT2D eigenvalue weighted by Gasteiger charge is 2.19. The third-order valence-electron chi connectivity index (χ3n) is 3.74. The van der Waals surface area contributed by atoms with E-state index in [0.717, 1.165) is 11.0 Å². The third-order valence-corrected chi connectivity index (χ3v) is 4.75. The van der Waals surface area contributed by atoms with Gasteiger partial charge in [-0.2, -0.15) is 0 Å². The van der Waals surface area contributed by atoms with Gasteiger partial charge in [-0.1, -0.05) is 17.7 Å². The number of benzene rings is 2. The molecule has 0 saturated heterocycles. The zero-order valence-corrected chi connectivity index (χ0v) is 17.0. The van der Waals surface area contributed by atoms with Gasteiger partial charge in [0.2, 0.25) is 0 Å². The fourth-order valence-corrected chi connectivity index (χ4v) is 3.09. The Morgan fingerprint density at radius 3 is 2.55 bits per heavy atom. The lowest BCUT2D eigenvalue weighted by molar-refractivity contribution is -0.385. The van der Waals surface area contributed by atoms with E-state index in [4.69, 9.17) is 9.47 Å². The van der Waals surface area contributed by atoms with Crippen molar-refractivity contribution in [2.45, 2.75) is 18.7 Å². The Labute approximate surface area is 172 Å². The second-order valence-electron chi connectivity index (χ2n) is 5.96. The number of hydrogen-bond donors (Lipinski definition) is 1. The van der Waals surface area contributed by atoms with Crippen LogP contribution in [-0.2, 0) is 9.53 Å². The fourth-order valence-electron chi connectivity index (χ4n) is 2.32. The summed E-state index contributed by atoms with van der Waals surface area (Å²) < 4.78 is 10.1. The molecule has 0 saturated carbocycles. The number of thioether (sulfide) groups is 1. The molecule has 2 aromatic carbocycles. The number of aryl methyl sites for hydroxylation is 1. The van der Waals surface area contributed by atoms with Crippen LogP contribution >= 0.6 is 11.8 Å². The van der Waals surface area contributed by atoms with Gasteiger partial charge in [-0.15, -0.1) is 11.8 Å². The van der Waals surface area contributed by atoms with Crippen LogP contribution in [0, 0.1) is 17.0 Å². The summed E-state index contributed by atoms with van der Waals surface area (Å²) in [7, 11) is 0. The maximum atomic E-state index is 12.1. The van der Waals surface area contributed by atoms with Crippen LogP contribution in [0.3, 0.4) is 0 Å². The van der Waals surface area contributed by atoms with Crippen molar-refractivity contribution in [1.29, 1.82) is 0 Å². The van der Waals surface area contributed by atoms with Gasteiger partial charge in [-0.3, -0.25) is 14.9 Å². The second kappa shape index (κ2) is 11.1.